The molecule has 0 bridgehead atoms. The summed E-state index contributed by atoms with van der Waals surface area (Å²) in [5.41, 5.74) is 0.629. The fraction of sp³-hybridized carbons (Fsp3) is 0.615. The molecule has 1 heterocycles. The first-order valence-corrected chi connectivity index (χ1v) is 6.26. The van der Waals surface area contributed by atoms with Crippen LogP contribution < -0.4 is 5.32 Å². The van der Waals surface area contributed by atoms with E-state index in [1.807, 2.05) is 13.8 Å². The molecule has 0 aliphatic heterocycles. The topological polar surface area (TPSA) is 75.4 Å². The third kappa shape index (κ3) is 4.39. The molecule has 106 valence electrons. The molecule has 6 heteroatoms. The first kappa shape index (κ1) is 15.2. The van der Waals surface area contributed by atoms with Crippen LogP contribution in [0.5, 0.6) is 0 Å². The first-order chi connectivity index (χ1) is 8.81. The SMILES string of the molecule is Cc1cc(C(=O)N[C@@H](CC(C)C)C(=O)N(C)C)on1. The van der Waals surface area contributed by atoms with Crippen molar-refractivity contribution in [3.63, 3.8) is 0 Å². The number of hydrogen-bond acceptors (Lipinski definition) is 4. The molecule has 0 aromatic carbocycles. The highest BCUT2D eigenvalue weighted by Gasteiger charge is 2.25. The summed E-state index contributed by atoms with van der Waals surface area (Å²) in [6, 6.07) is 0.995. The molecule has 6 nitrogen and oxygen atoms in total. The van der Waals surface area contributed by atoms with Crippen LogP contribution in [0.3, 0.4) is 0 Å². The van der Waals surface area contributed by atoms with Crippen molar-refractivity contribution >= 4 is 11.8 Å². The standard InChI is InChI=1S/C13H21N3O3/c1-8(2)6-10(13(18)16(4)5)14-12(17)11-7-9(3)15-19-11/h7-8,10H,6H2,1-5H3,(H,14,17)/t10-/m0/s1. The monoisotopic (exact) mass is 267 g/mol. The van der Waals surface area contributed by atoms with Crippen LogP contribution in [0.2, 0.25) is 0 Å². The van der Waals surface area contributed by atoms with Crippen LogP contribution in [0.1, 0.15) is 36.5 Å². The van der Waals surface area contributed by atoms with Crippen LogP contribution in [-0.2, 0) is 4.79 Å². The number of carbonyl (C=O) groups excluding carboxylic acids is 2. The van der Waals surface area contributed by atoms with Crippen molar-refractivity contribution in [3.8, 4) is 0 Å². The molecular formula is C13H21N3O3. The minimum atomic E-state index is -0.548. The second kappa shape index (κ2) is 6.36. The molecule has 0 aliphatic rings. The third-order valence-corrected chi connectivity index (χ3v) is 2.60. The van der Waals surface area contributed by atoms with Crippen LogP contribution in [0.25, 0.3) is 0 Å². The van der Waals surface area contributed by atoms with E-state index in [1.165, 1.54) is 4.90 Å². The largest absolute Gasteiger partial charge is 0.351 e. The lowest BCUT2D eigenvalue weighted by molar-refractivity contribution is -0.131. The molecule has 0 fully saturated rings. The number of aryl methyl sites for hydroxylation is 1. The maximum atomic E-state index is 12.0. The molecule has 1 aromatic heterocycles. The van der Waals surface area contributed by atoms with E-state index in [-0.39, 0.29) is 11.7 Å². The minimum Gasteiger partial charge on any atom is -0.351 e. The molecule has 0 unspecified atom stereocenters. The van der Waals surface area contributed by atoms with Crippen molar-refractivity contribution in [2.45, 2.75) is 33.2 Å². The first-order valence-electron chi connectivity index (χ1n) is 6.26. The molecular weight excluding hydrogens is 246 g/mol. The van der Waals surface area contributed by atoms with Gasteiger partial charge in [0.1, 0.15) is 6.04 Å². The predicted octanol–water partition coefficient (Wildman–Crippen LogP) is 1.22. The van der Waals surface area contributed by atoms with Gasteiger partial charge in [-0.1, -0.05) is 19.0 Å². The van der Waals surface area contributed by atoms with Gasteiger partial charge in [-0.25, -0.2) is 0 Å². The predicted molar refractivity (Wildman–Crippen MR) is 70.6 cm³/mol. The van der Waals surface area contributed by atoms with Crippen LogP contribution in [0.15, 0.2) is 10.6 Å². The smallest absolute Gasteiger partial charge is 0.290 e. The van der Waals surface area contributed by atoms with E-state index in [0.29, 0.717) is 18.0 Å². The molecule has 1 aromatic rings. The summed E-state index contributed by atoms with van der Waals surface area (Å²) in [5, 5.41) is 6.35. The van der Waals surface area contributed by atoms with E-state index in [2.05, 4.69) is 10.5 Å². The number of nitrogens with zero attached hydrogens (tertiary/aromatic N) is 2. The normalized spacial score (nSPS) is 12.3. The van der Waals surface area contributed by atoms with Crippen molar-refractivity contribution in [2.75, 3.05) is 14.1 Å². The number of aromatic nitrogens is 1. The highest BCUT2D eigenvalue weighted by molar-refractivity contribution is 5.95. The Morgan fingerprint density at radius 1 is 1.42 bits per heavy atom. The zero-order valence-corrected chi connectivity index (χ0v) is 12.1. The van der Waals surface area contributed by atoms with E-state index in [4.69, 9.17) is 4.52 Å². The molecule has 0 spiro atoms. The van der Waals surface area contributed by atoms with Crippen molar-refractivity contribution in [3.05, 3.63) is 17.5 Å². The number of likely N-dealkylation sites (N-methyl/N-ethyl adjacent to an activating group) is 1. The summed E-state index contributed by atoms with van der Waals surface area (Å²) in [6.07, 6.45) is 0.579. The van der Waals surface area contributed by atoms with Gasteiger partial charge in [0.2, 0.25) is 11.7 Å². The van der Waals surface area contributed by atoms with Crippen LogP contribution >= 0.6 is 0 Å². The van der Waals surface area contributed by atoms with E-state index in [9.17, 15) is 9.59 Å². The molecule has 0 saturated carbocycles. The van der Waals surface area contributed by atoms with Crippen molar-refractivity contribution in [2.24, 2.45) is 5.92 Å². The van der Waals surface area contributed by atoms with Gasteiger partial charge < -0.3 is 14.7 Å². The Balaban J connectivity index is 2.77. The zero-order valence-electron chi connectivity index (χ0n) is 12.1. The van der Waals surface area contributed by atoms with Crippen LogP contribution in [0.4, 0.5) is 0 Å². The second-order valence-corrected chi connectivity index (χ2v) is 5.22. The second-order valence-electron chi connectivity index (χ2n) is 5.22. The van der Waals surface area contributed by atoms with Gasteiger partial charge in [-0.2, -0.15) is 0 Å². The van der Waals surface area contributed by atoms with Gasteiger partial charge in [-0.3, -0.25) is 9.59 Å². The molecule has 0 radical (unpaired) electrons. The van der Waals surface area contributed by atoms with E-state index < -0.39 is 11.9 Å². The minimum absolute atomic E-state index is 0.123. The molecule has 0 aliphatic carbocycles. The summed E-state index contributed by atoms with van der Waals surface area (Å²) >= 11 is 0. The van der Waals surface area contributed by atoms with Crippen molar-refractivity contribution < 1.29 is 14.1 Å². The highest BCUT2D eigenvalue weighted by Crippen LogP contribution is 2.09. The Hall–Kier alpha value is -1.85. The average Bonchev–Trinajstić information content (AvgIpc) is 2.73. The van der Waals surface area contributed by atoms with Gasteiger partial charge in [0.15, 0.2) is 0 Å². The van der Waals surface area contributed by atoms with Crippen LogP contribution in [-0.4, -0.2) is 42.0 Å². The lowest BCUT2D eigenvalue weighted by atomic mass is 10.0. The lowest BCUT2D eigenvalue weighted by Gasteiger charge is -2.22. The van der Waals surface area contributed by atoms with Gasteiger partial charge in [-0.15, -0.1) is 0 Å². The Morgan fingerprint density at radius 2 is 2.05 bits per heavy atom. The van der Waals surface area contributed by atoms with Gasteiger partial charge in [0, 0.05) is 20.2 Å². The summed E-state index contributed by atoms with van der Waals surface area (Å²) in [5.74, 6) is -0.122. The molecule has 1 atom stereocenters. The molecule has 1 N–H and O–H groups in total. The summed E-state index contributed by atoms with van der Waals surface area (Å²) in [7, 11) is 3.33. The summed E-state index contributed by atoms with van der Waals surface area (Å²) in [4.78, 5) is 25.4. The fourth-order valence-electron chi connectivity index (χ4n) is 1.70. The van der Waals surface area contributed by atoms with Gasteiger partial charge in [0.25, 0.3) is 5.91 Å². The summed E-state index contributed by atoms with van der Waals surface area (Å²) in [6.45, 7) is 5.73. The maximum absolute atomic E-state index is 12.0. The molecule has 0 saturated heterocycles. The number of carbonyl (C=O) groups is 2. The van der Waals surface area contributed by atoms with Gasteiger partial charge in [-0.05, 0) is 19.3 Å². The Labute approximate surface area is 113 Å². The number of nitrogens with one attached hydrogen (secondary N) is 1. The number of amides is 2. The molecule has 2 amide bonds. The van der Waals surface area contributed by atoms with Crippen molar-refractivity contribution in [1.82, 2.24) is 15.4 Å². The number of rotatable bonds is 5. The average molecular weight is 267 g/mol. The zero-order chi connectivity index (χ0) is 14.6. The quantitative estimate of drug-likeness (QED) is 0.870. The highest BCUT2D eigenvalue weighted by atomic mass is 16.5. The van der Waals surface area contributed by atoms with Gasteiger partial charge in [0.05, 0.1) is 5.69 Å². The maximum Gasteiger partial charge on any atom is 0.290 e. The fourth-order valence-corrected chi connectivity index (χ4v) is 1.70. The number of hydrogen-bond donors (Lipinski definition) is 1. The molecule has 19 heavy (non-hydrogen) atoms. The Bertz CT molecular complexity index is 452. The van der Waals surface area contributed by atoms with Gasteiger partial charge >= 0.3 is 0 Å². The van der Waals surface area contributed by atoms with Crippen LogP contribution in [0, 0.1) is 12.8 Å². The summed E-state index contributed by atoms with van der Waals surface area (Å²) < 4.78 is 4.89. The van der Waals surface area contributed by atoms with Crippen molar-refractivity contribution in [1.29, 1.82) is 0 Å². The molecule has 1 rings (SSSR count). The Morgan fingerprint density at radius 3 is 2.47 bits per heavy atom. The third-order valence-electron chi connectivity index (χ3n) is 2.60. The van der Waals surface area contributed by atoms with E-state index in [0.717, 1.165) is 0 Å². The van der Waals surface area contributed by atoms with E-state index in [1.54, 1.807) is 27.1 Å². The van der Waals surface area contributed by atoms with E-state index >= 15 is 0 Å². The lowest BCUT2D eigenvalue weighted by Crippen LogP contribution is -2.46. The Kier molecular flexibility index (Phi) is 5.09.